The number of carbonyl (C=O) groups excluding carboxylic acids is 1. The molecule has 6 heteroatoms. The van der Waals surface area contributed by atoms with Crippen LogP contribution in [0.4, 0.5) is 11.5 Å². The molecule has 2 heterocycles. The van der Waals surface area contributed by atoms with Gasteiger partial charge in [-0.3, -0.25) is 4.79 Å². The molecule has 1 aliphatic rings. The summed E-state index contributed by atoms with van der Waals surface area (Å²) in [6.45, 7) is 1.45. The highest BCUT2D eigenvalue weighted by molar-refractivity contribution is 5.79. The van der Waals surface area contributed by atoms with Crippen LogP contribution in [-0.2, 0) is 4.79 Å². The molecule has 1 fully saturated rings. The van der Waals surface area contributed by atoms with E-state index in [0.717, 1.165) is 25.9 Å². The zero-order valence-corrected chi connectivity index (χ0v) is 10.9. The van der Waals surface area contributed by atoms with Gasteiger partial charge >= 0.3 is 0 Å². The Morgan fingerprint density at radius 2 is 2.26 bits per heavy atom. The smallest absolute Gasteiger partial charge is 0.222 e. The quantitative estimate of drug-likeness (QED) is 0.806. The van der Waals surface area contributed by atoms with Gasteiger partial charge in [-0.1, -0.05) is 0 Å². The molecule has 0 bridgehead atoms. The Labute approximate surface area is 112 Å². The highest BCUT2D eigenvalue weighted by atomic mass is 16.1. The van der Waals surface area contributed by atoms with Crippen molar-refractivity contribution in [2.45, 2.75) is 12.8 Å². The first-order valence-electron chi connectivity index (χ1n) is 6.28. The molecular weight excluding hydrogens is 242 g/mol. The number of nitriles is 1. The predicted octanol–water partition coefficient (Wildman–Crippen LogP) is 0.498. The van der Waals surface area contributed by atoms with Gasteiger partial charge in [-0.2, -0.15) is 5.26 Å². The van der Waals surface area contributed by atoms with Crippen molar-refractivity contribution in [3.8, 4) is 6.07 Å². The number of hydrogen-bond donors (Lipinski definition) is 2. The van der Waals surface area contributed by atoms with Crippen molar-refractivity contribution in [3.63, 3.8) is 0 Å². The fourth-order valence-corrected chi connectivity index (χ4v) is 2.37. The Balaban J connectivity index is 2.10. The Kier molecular flexibility index (Phi) is 3.85. The summed E-state index contributed by atoms with van der Waals surface area (Å²) in [5.41, 5.74) is 6.80. The Bertz CT molecular complexity index is 514. The van der Waals surface area contributed by atoms with Crippen LogP contribution in [0.1, 0.15) is 18.4 Å². The number of piperidine rings is 1. The largest absolute Gasteiger partial charge is 0.395 e. The highest BCUT2D eigenvalue weighted by Gasteiger charge is 2.26. The average molecular weight is 259 g/mol. The second kappa shape index (κ2) is 5.57. The lowest BCUT2D eigenvalue weighted by Crippen LogP contribution is -2.40. The fourth-order valence-electron chi connectivity index (χ4n) is 2.37. The fraction of sp³-hybridized carbons (Fsp3) is 0.462. The second-order valence-corrected chi connectivity index (χ2v) is 4.58. The summed E-state index contributed by atoms with van der Waals surface area (Å²) in [6.07, 6.45) is 3.14. The number of nitrogens with one attached hydrogen (secondary N) is 1. The lowest BCUT2D eigenvalue weighted by molar-refractivity contribution is -0.125. The first-order chi connectivity index (χ1) is 9.17. The predicted molar refractivity (Wildman–Crippen MR) is 72.4 cm³/mol. The van der Waals surface area contributed by atoms with Gasteiger partial charge in [0, 0.05) is 32.3 Å². The summed E-state index contributed by atoms with van der Waals surface area (Å²) in [4.78, 5) is 17.9. The van der Waals surface area contributed by atoms with Crippen molar-refractivity contribution < 1.29 is 4.79 Å². The number of nitrogens with zero attached hydrogens (tertiary/aromatic N) is 3. The van der Waals surface area contributed by atoms with E-state index < -0.39 is 0 Å². The Morgan fingerprint density at radius 3 is 2.84 bits per heavy atom. The molecule has 1 aliphatic heterocycles. The summed E-state index contributed by atoms with van der Waals surface area (Å²) >= 11 is 0. The number of nitrogen functional groups attached to an aromatic ring is 1. The molecule has 0 aliphatic carbocycles. The molecule has 0 saturated carbocycles. The van der Waals surface area contributed by atoms with Crippen molar-refractivity contribution >= 4 is 17.4 Å². The molecular formula is C13H17N5O. The molecule has 1 aromatic heterocycles. The van der Waals surface area contributed by atoms with Gasteiger partial charge in [0.2, 0.25) is 5.91 Å². The molecule has 1 aromatic rings. The maximum atomic E-state index is 11.6. The molecule has 0 aromatic carbocycles. The SMILES string of the molecule is CNC(=O)C1CCN(c2nccc(C#N)c2N)CC1. The molecule has 1 amide bonds. The van der Waals surface area contributed by atoms with Crippen LogP contribution in [0.5, 0.6) is 0 Å². The van der Waals surface area contributed by atoms with Gasteiger partial charge in [-0.15, -0.1) is 0 Å². The number of aromatic nitrogens is 1. The third-order valence-electron chi connectivity index (χ3n) is 3.50. The van der Waals surface area contributed by atoms with E-state index >= 15 is 0 Å². The molecule has 0 spiro atoms. The third kappa shape index (κ3) is 2.60. The molecule has 0 unspecified atom stereocenters. The zero-order chi connectivity index (χ0) is 13.8. The molecule has 6 nitrogen and oxygen atoms in total. The summed E-state index contributed by atoms with van der Waals surface area (Å²) in [6, 6.07) is 3.66. The second-order valence-electron chi connectivity index (χ2n) is 4.58. The first-order valence-corrected chi connectivity index (χ1v) is 6.28. The van der Waals surface area contributed by atoms with Crippen LogP contribution in [0.3, 0.4) is 0 Å². The first kappa shape index (κ1) is 13.1. The van der Waals surface area contributed by atoms with Crippen LogP contribution in [-0.4, -0.2) is 31.0 Å². The highest BCUT2D eigenvalue weighted by Crippen LogP contribution is 2.27. The lowest BCUT2D eigenvalue weighted by atomic mass is 9.96. The lowest BCUT2D eigenvalue weighted by Gasteiger charge is -2.32. The molecule has 2 rings (SSSR count). The van der Waals surface area contributed by atoms with Crippen LogP contribution in [0.2, 0.25) is 0 Å². The van der Waals surface area contributed by atoms with Crippen LogP contribution in [0.15, 0.2) is 12.3 Å². The van der Waals surface area contributed by atoms with Crippen LogP contribution < -0.4 is 16.0 Å². The van der Waals surface area contributed by atoms with Gasteiger partial charge < -0.3 is 16.0 Å². The van der Waals surface area contributed by atoms with E-state index in [1.807, 2.05) is 4.90 Å². The summed E-state index contributed by atoms with van der Waals surface area (Å²) in [5, 5.41) is 11.6. The Morgan fingerprint density at radius 1 is 1.58 bits per heavy atom. The zero-order valence-electron chi connectivity index (χ0n) is 10.9. The minimum absolute atomic E-state index is 0.0571. The standard InChI is InChI=1S/C13H17N5O/c1-16-13(19)9-3-6-18(7-4-9)12-11(15)10(8-14)2-5-17-12/h2,5,9H,3-4,6-7,15H2,1H3,(H,16,19). The average Bonchev–Trinajstić information content (AvgIpc) is 2.47. The van der Waals surface area contributed by atoms with Gasteiger partial charge in [-0.25, -0.2) is 4.98 Å². The normalized spacial score (nSPS) is 15.9. The van der Waals surface area contributed by atoms with Crippen LogP contribution >= 0.6 is 0 Å². The summed E-state index contributed by atoms with van der Waals surface area (Å²) in [7, 11) is 1.66. The number of rotatable bonds is 2. The van der Waals surface area contributed by atoms with Crippen molar-refractivity contribution in [3.05, 3.63) is 17.8 Å². The third-order valence-corrected chi connectivity index (χ3v) is 3.50. The van der Waals surface area contributed by atoms with Crippen LogP contribution in [0, 0.1) is 17.2 Å². The number of hydrogen-bond acceptors (Lipinski definition) is 5. The van der Waals surface area contributed by atoms with Crippen molar-refractivity contribution in [1.29, 1.82) is 5.26 Å². The minimum Gasteiger partial charge on any atom is -0.395 e. The Hall–Kier alpha value is -2.29. The summed E-state index contributed by atoms with van der Waals surface area (Å²) < 4.78 is 0. The van der Waals surface area contributed by atoms with Crippen molar-refractivity contribution in [1.82, 2.24) is 10.3 Å². The molecule has 19 heavy (non-hydrogen) atoms. The van der Waals surface area contributed by atoms with E-state index in [1.54, 1.807) is 19.3 Å². The van der Waals surface area contributed by atoms with Gasteiger partial charge in [0.05, 0.1) is 11.3 Å². The molecule has 1 saturated heterocycles. The van der Waals surface area contributed by atoms with E-state index in [0.29, 0.717) is 17.1 Å². The summed E-state index contributed by atoms with van der Waals surface area (Å²) in [5.74, 6) is 0.794. The molecule has 0 atom stereocenters. The maximum absolute atomic E-state index is 11.6. The maximum Gasteiger partial charge on any atom is 0.222 e. The van der Waals surface area contributed by atoms with Gasteiger partial charge in [0.15, 0.2) is 5.82 Å². The monoisotopic (exact) mass is 259 g/mol. The van der Waals surface area contributed by atoms with E-state index in [1.165, 1.54) is 0 Å². The van der Waals surface area contributed by atoms with E-state index in [9.17, 15) is 4.79 Å². The van der Waals surface area contributed by atoms with Gasteiger partial charge in [-0.05, 0) is 18.9 Å². The minimum atomic E-state index is 0.0571. The van der Waals surface area contributed by atoms with Crippen LogP contribution in [0.25, 0.3) is 0 Å². The van der Waals surface area contributed by atoms with Gasteiger partial charge in [0.25, 0.3) is 0 Å². The number of nitrogens with two attached hydrogens (primary N) is 1. The number of carbonyl (C=O) groups is 1. The topological polar surface area (TPSA) is 95.0 Å². The van der Waals surface area contributed by atoms with Crippen molar-refractivity contribution in [2.75, 3.05) is 30.8 Å². The van der Waals surface area contributed by atoms with E-state index in [-0.39, 0.29) is 11.8 Å². The van der Waals surface area contributed by atoms with E-state index in [4.69, 9.17) is 11.0 Å². The molecule has 100 valence electrons. The number of amides is 1. The van der Waals surface area contributed by atoms with Gasteiger partial charge in [0.1, 0.15) is 6.07 Å². The number of anilines is 2. The molecule has 3 N–H and O–H groups in total. The number of pyridine rings is 1. The van der Waals surface area contributed by atoms with E-state index in [2.05, 4.69) is 16.4 Å². The molecule has 0 radical (unpaired) electrons. The van der Waals surface area contributed by atoms with Crippen molar-refractivity contribution in [2.24, 2.45) is 5.92 Å².